The normalized spacial score (nSPS) is 13.4. The average molecular weight is 274 g/mol. The second-order valence-corrected chi connectivity index (χ2v) is 5.95. The van der Waals surface area contributed by atoms with E-state index in [0.29, 0.717) is 6.54 Å². The van der Waals surface area contributed by atoms with Crippen molar-refractivity contribution in [2.75, 3.05) is 13.2 Å². The van der Waals surface area contributed by atoms with Crippen LogP contribution in [-0.4, -0.2) is 34.9 Å². The van der Waals surface area contributed by atoms with Crippen molar-refractivity contribution < 1.29 is 9.84 Å². The number of aliphatic hydroxyl groups excluding tert-OH is 1. The third-order valence-electron chi connectivity index (χ3n) is 2.89. The number of aliphatic hydroxyl groups is 1. The molecule has 0 aliphatic rings. The highest BCUT2D eigenvalue weighted by Crippen LogP contribution is 2.18. The lowest BCUT2D eigenvalue weighted by atomic mass is 10.1. The molecule has 0 aliphatic carbocycles. The highest BCUT2D eigenvalue weighted by atomic mass is 16.5. The molecule has 1 aromatic carbocycles. The molecule has 1 heterocycles. The van der Waals surface area contributed by atoms with Gasteiger partial charge in [-0.15, -0.1) is 0 Å². The maximum absolute atomic E-state index is 9.88. The van der Waals surface area contributed by atoms with Gasteiger partial charge in [0.05, 0.1) is 5.52 Å². The molecule has 0 bridgehead atoms. The van der Waals surface area contributed by atoms with Crippen LogP contribution in [0.3, 0.4) is 0 Å². The summed E-state index contributed by atoms with van der Waals surface area (Å²) in [5.41, 5.74) is 0.890. The minimum atomic E-state index is -0.534. The second-order valence-electron chi connectivity index (χ2n) is 5.95. The van der Waals surface area contributed by atoms with E-state index in [-0.39, 0.29) is 12.1 Å². The average Bonchev–Trinajstić information content (AvgIpc) is 2.42. The number of β-amino-alcohol motifs (C(OH)–C–C–N with tert-alkyl or cyclic N) is 1. The zero-order chi connectivity index (χ0) is 14.6. The fourth-order valence-corrected chi connectivity index (χ4v) is 1.81. The Labute approximate surface area is 119 Å². The van der Waals surface area contributed by atoms with Crippen molar-refractivity contribution in [3.63, 3.8) is 0 Å². The number of hydrogen-bond donors (Lipinski definition) is 2. The van der Waals surface area contributed by atoms with Crippen molar-refractivity contribution in [3.05, 3.63) is 36.5 Å². The molecule has 2 aromatic rings. The molecule has 2 N–H and O–H groups in total. The van der Waals surface area contributed by atoms with Gasteiger partial charge in [0.25, 0.3) is 0 Å². The quantitative estimate of drug-likeness (QED) is 0.879. The van der Waals surface area contributed by atoms with Crippen LogP contribution in [0.2, 0.25) is 0 Å². The Balaban J connectivity index is 1.89. The third kappa shape index (κ3) is 4.47. The van der Waals surface area contributed by atoms with Gasteiger partial charge < -0.3 is 15.2 Å². The molecule has 2 rings (SSSR count). The zero-order valence-electron chi connectivity index (χ0n) is 12.3. The number of pyridine rings is 1. The Kier molecular flexibility index (Phi) is 4.57. The molecule has 0 spiro atoms. The van der Waals surface area contributed by atoms with Gasteiger partial charge in [-0.3, -0.25) is 4.98 Å². The summed E-state index contributed by atoms with van der Waals surface area (Å²) in [6.45, 7) is 6.97. The molecule has 108 valence electrons. The topological polar surface area (TPSA) is 54.4 Å². The van der Waals surface area contributed by atoms with Gasteiger partial charge in [-0.1, -0.05) is 6.07 Å². The Morgan fingerprint density at radius 1 is 1.30 bits per heavy atom. The number of benzene rings is 1. The minimum Gasteiger partial charge on any atom is -0.491 e. The van der Waals surface area contributed by atoms with Crippen molar-refractivity contribution in [2.24, 2.45) is 0 Å². The van der Waals surface area contributed by atoms with Crippen molar-refractivity contribution in [1.82, 2.24) is 10.3 Å². The van der Waals surface area contributed by atoms with Crippen molar-refractivity contribution in [3.8, 4) is 5.75 Å². The first-order valence-corrected chi connectivity index (χ1v) is 6.85. The summed E-state index contributed by atoms with van der Waals surface area (Å²) in [6, 6.07) is 9.67. The van der Waals surface area contributed by atoms with Crippen LogP contribution in [0.15, 0.2) is 36.5 Å². The lowest BCUT2D eigenvalue weighted by molar-refractivity contribution is 0.100. The zero-order valence-corrected chi connectivity index (χ0v) is 12.3. The second kappa shape index (κ2) is 6.20. The number of nitrogens with zero attached hydrogens (tertiary/aromatic N) is 1. The van der Waals surface area contributed by atoms with Crippen molar-refractivity contribution >= 4 is 10.9 Å². The first-order chi connectivity index (χ1) is 9.44. The lowest BCUT2D eigenvalue weighted by Gasteiger charge is -2.23. The van der Waals surface area contributed by atoms with Gasteiger partial charge in [0.2, 0.25) is 0 Å². The highest BCUT2D eigenvalue weighted by Gasteiger charge is 2.12. The number of nitrogens with one attached hydrogen (secondary N) is 1. The molecule has 1 atom stereocenters. The van der Waals surface area contributed by atoms with Crippen molar-refractivity contribution in [1.29, 1.82) is 0 Å². The van der Waals surface area contributed by atoms with Crippen LogP contribution < -0.4 is 10.1 Å². The Hall–Kier alpha value is -1.65. The Bertz CT molecular complexity index is 564. The van der Waals surface area contributed by atoms with Crippen molar-refractivity contribution in [2.45, 2.75) is 32.4 Å². The number of fused-ring (bicyclic) bond motifs is 1. The number of aromatic nitrogens is 1. The maximum Gasteiger partial charge on any atom is 0.121 e. The molecule has 0 aliphatic heterocycles. The standard InChI is InChI=1S/C16H22N2O2/c1-16(2,3)18-10-13(19)11-20-14-7-6-12-5-4-8-17-15(12)9-14/h4-9,13,18-19H,10-11H2,1-3H3. The van der Waals surface area contributed by atoms with Crippen LogP contribution in [0.25, 0.3) is 10.9 Å². The van der Waals surface area contributed by atoms with Gasteiger partial charge in [0.1, 0.15) is 18.5 Å². The molecular weight excluding hydrogens is 252 g/mol. The third-order valence-corrected chi connectivity index (χ3v) is 2.89. The number of ether oxygens (including phenoxy) is 1. The van der Waals surface area contributed by atoms with Gasteiger partial charge >= 0.3 is 0 Å². The van der Waals surface area contributed by atoms with E-state index < -0.39 is 6.10 Å². The molecule has 0 radical (unpaired) electrons. The van der Waals surface area contributed by atoms with E-state index in [1.807, 2.05) is 30.3 Å². The fraction of sp³-hybridized carbons (Fsp3) is 0.438. The Morgan fingerprint density at radius 2 is 2.10 bits per heavy atom. The monoisotopic (exact) mass is 274 g/mol. The van der Waals surface area contributed by atoms with Gasteiger partial charge in [-0.2, -0.15) is 0 Å². The minimum absolute atomic E-state index is 0.00610. The molecule has 0 saturated carbocycles. The van der Waals surface area contributed by atoms with Crippen LogP contribution in [0, 0.1) is 0 Å². The van der Waals surface area contributed by atoms with Gasteiger partial charge in [-0.25, -0.2) is 0 Å². The van der Waals surface area contributed by atoms with E-state index in [1.54, 1.807) is 6.20 Å². The van der Waals surface area contributed by atoms with Crippen LogP contribution in [0.5, 0.6) is 5.75 Å². The van der Waals surface area contributed by atoms with E-state index in [0.717, 1.165) is 16.7 Å². The largest absolute Gasteiger partial charge is 0.491 e. The smallest absolute Gasteiger partial charge is 0.121 e. The summed E-state index contributed by atoms with van der Waals surface area (Å²) >= 11 is 0. The SMILES string of the molecule is CC(C)(C)NCC(O)COc1ccc2cccnc2c1. The molecule has 0 amide bonds. The van der Waals surface area contributed by atoms with Gasteiger partial charge in [0, 0.05) is 29.7 Å². The van der Waals surface area contributed by atoms with Crippen LogP contribution in [-0.2, 0) is 0 Å². The summed E-state index contributed by atoms with van der Waals surface area (Å²) in [5, 5.41) is 14.2. The molecule has 4 heteroatoms. The predicted molar refractivity (Wildman–Crippen MR) is 81.0 cm³/mol. The van der Waals surface area contributed by atoms with E-state index in [9.17, 15) is 5.11 Å². The first kappa shape index (κ1) is 14.8. The summed E-state index contributed by atoms with van der Waals surface area (Å²) in [4.78, 5) is 4.28. The van der Waals surface area contributed by atoms with Crippen LogP contribution in [0.4, 0.5) is 0 Å². The summed E-state index contributed by atoms with van der Waals surface area (Å²) < 4.78 is 5.61. The highest BCUT2D eigenvalue weighted by molar-refractivity contribution is 5.79. The van der Waals surface area contributed by atoms with E-state index in [1.165, 1.54) is 0 Å². The molecule has 0 fully saturated rings. The van der Waals surface area contributed by atoms with E-state index >= 15 is 0 Å². The van der Waals surface area contributed by atoms with Crippen LogP contribution >= 0.6 is 0 Å². The van der Waals surface area contributed by atoms with Gasteiger partial charge in [-0.05, 0) is 39.0 Å². The molecule has 0 saturated heterocycles. The summed E-state index contributed by atoms with van der Waals surface area (Å²) in [5.74, 6) is 0.728. The lowest BCUT2D eigenvalue weighted by Crippen LogP contribution is -2.42. The molecule has 1 unspecified atom stereocenters. The maximum atomic E-state index is 9.88. The van der Waals surface area contributed by atoms with Crippen LogP contribution in [0.1, 0.15) is 20.8 Å². The number of hydrogen-bond acceptors (Lipinski definition) is 4. The van der Waals surface area contributed by atoms with E-state index in [2.05, 4.69) is 31.1 Å². The molecule has 20 heavy (non-hydrogen) atoms. The Morgan fingerprint density at radius 3 is 2.85 bits per heavy atom. The predicted octanol–water partition coefficient (Wildman–Crippen LogP) is 2.36. The summed E-state index contributed by atoms with van der Waals surface area (Å²) in [6.07, 6.45) is 1.22. The summed E-state index contributed by atoms with van der Waals surface area (Å²) in [7, 11) is 0. The number of rotatable bonds is 5. The molecule has 4 nitrogen and oxygen atoms in total. The van der Waals surface area contributed by atoms with Gasteiger partial charge in [0.15, 0.2) is 0 Å². The fourth-order valence-electron chi connectivity index (χ4n) is 1.81. The molecular formula is C16H22N2O2. The molecule has 1 aromatic heterocycles. The van der Waals surface area contributed by atoms with E-state index in [4.69, 9.17) is 4.74 Å². The first-order valence-electron chi connectivity index (χ1n) is 6.85.